The number of benzene rings is 2. The van der Waals surface area contributed by atoms with Crippen molar-refractivity contribution in [3.63, 3.8) is 0 Å². The fraction of sp³-hybridized carbons (Fsp3) is 0.400. The molecule has 0 aliphatic rings. The second kappa shape index (κ2) is 6.04. The van der Waals surface area contributed by atoms with Crippen molar-refractivity contribution in [2.45, 2.75) is 41.5 Å². The maximum atomic E-state index is 5.54. The molecule has 0 fully saturated rings. The van der Waals surface area contributed by atoms with Gasteiger partial charge in [-0.2, -0.15) is 0 Å². The zero-order valence-corrected chi connectivity index (χ0v) is 15.0. The van der Waals surface area contributed by atoms with Crippen LogP contribution < -0.4 is 9.47 Å². The highest BCUT2D eigenvalue weighted by molar-refractivity contribution is 5.77. The molecule has 2 nitrogen and oxygen atoms in total. The normalized spacial score (nSPS) is 10.7. The Morgan fingerprint density at radius 2 is 0.864 bits per heavy atom. The van der Waals surface area contributed by atoms with Crippen LogP contribution in [-0.4, -0.2) is 14.2 Å². The molecular weight excluding hydrogens is 272 g/mol. The molecule has 2 aromatic carbocycles. The zero-order valence-electron chi connectivity index (χ0n) is 15.0. The number of methoxy groups -OCH3 is 2. The highest BCUT2D eigenvalue weighted by atomic mass is 16.5. The summed E-state index contributed by atoms with van der Waals surface area (Å²) in [7, 11) is 3.47. The van der Waals surface area contributed by atoms with Gasteiger partial charge in [-0.05, 0) is 98.2 Å². The molecule has 2 aromatic rings. The monoisotopic (exact) mass is 298 g/mol. The lowest BCUT2D eigenvalue weighted by Gasteiger charge is -2.20. The van der Waals surface area contributed by atoms with Crippen molar-refractivity contribution >= 4 is 0 Å². The van der Waals surface area contributed by atoms with E-state index in [0.717, 1.165) is 11.5 Å². The summed E-state index contributed by atoms with van der Waals surface area (Å²) in [5.41, 5.74) is 9.87. The maximum Gasteiger partial charge on any atom is 0.124 e. The first-order valence-electron chi connectivity index (χ1n) is 7.63. The van der Waals surface area contributed by atoms with Crippen molar-refractivity contribution in [2.75, 3.05) is 14.2 Å². The van der Waals surface area contributed by atoms with E-state index >= 15 is 0 Å². The molecule has 0 aliphatic heterocycles. The SMILES string of the molecule is COc1c(C)cc(-c2cc(C)c(OC)c(C)c2C)c(C)c1C. The molecule has 0 saturated heterocycles. The molecule has 22 heavy (non-hydrogen) atoms. The van der Waals surface area contributed by atoms with Gasteiger partial charge in [-0.3, -0.25) is 0 Å². The van der Waals surface area contributed by atoms with Gasteiger partial charge in [0.25, 0.3) is 0 Å². The van der Waals surface area contributed by atoms with E-state index < -0.39 is 0 Å². The summed E-state index contributed by atoms with van der Waals surface area (Å²) >= 11 is 0. The highest BCUT2D eigenvalue weighted by Crippen LogP contribution is 2.39. The van der Waals surface area contributed by atoms with Gasteiger partial charge in [0.2, 0.25) is 0 Å². The van der Waals surface area contributed by atoms with Crippen LogP contribution in [0.15, 0.2) is 12.1 Å². The lowest BCUT2D eigenvalue weighted by Crippen LogP contribution is -2.00. The minimum Gasteiger partial charge on any atom is -0.496 e. The van der Waals surface area contributed by atoms with Gasteiger partial charge in [0.15, 0.2) is 0 Å². The first-order valence-corrected chi connectivity index (χ1v) is 7.63. The second-order valence-corrected chi connectivity index (χ2v) is 6.05. The summed E-state index contributed by atoms with van der Waals surface area (Å²) in [5.74, 6) is 1.97. The number of aryl methyl sites for hydroxylation is 2. The van der Waals surface area contributed by atoms with Crippen LogP contribution in [0.2, 0.25) is 0 Å². The van der Waals surface area contributed by atoms with Gasteiger partial charge in [-0.15, -0.1) is 0 Å². The van der Waals surface area contributed by atoms with Crippen molar-refractivity contribution in [2.24, 2.45) is 0 Å². The van der Waals surface area contributed by atoms with Gasteiger partial charge < -0.3 is 9.47 Å². The summed E-state index contributed by atoms with van der Waals surface area (Å²) in [6.07, 6.45) is 0. The Hall–Kier alpha value is -1.96. The van der Waals surface area contributed by atoms with E-state index in [1.807, 2.05) is 0 Å². The zero-order chi connectivity index (χ0) is 16.6. The lowest BCUT2D eigenvalue weighted by atomic mass is 9.88. The predicted octanol–water partition coefficient (Wildman–Crippen LogP) is 5.22. The molecule has 2 rings (SSSR count). The third-order valence-electron chi connectivity index (χ3n) is 4.75. The van der Waals surface area contributed by atoms with Crippen LogP contribution in [0.5, 0.6) is 11.5 Å². The van der Waals surface area contributed by atoms with Crippen molar-refractivity contribution in [1.29, 1.82) is 0 Å². The third-order valence-corrected chi connectivity index (χ3v) is 4.75. The largest absolute Gasteiger partial charge is 0.496 e. The molecule has 0 aliphatic carbocycles. The topological polar surface area (TPSA) is 18.5 Å². The second-order valence-electron chi connectivity index (χ2n) is 6.05. The van der Waals surface area contributed by atoms with Gasteiger partial charge >= 0.3 is 0 Å². The fourth-order valence-electron chi connectivity index (χ4n) is 3.30. The molecule has 0 atom stereocenters. The molecule has 0 bridgehead atoms. The van der Waals surface area contributed by atoms with Crippen LogP contribution in [0.25, 0.3) is 11.1 Å². The highest BCUT2D eigenvalue weighted by Gasteiger charge is 2.17. The third kappa shape index (κ3) is 2.47. The van der Waals surface area contributed by atoms with Crippen molar-refractivity contribution in [1.82, 2.24) is 0 Å². The van der Waals surface area contributed by atoms with Crippen molar-refractivity contribution in [3.8, 4) is 22.6 Å². The molecule has 118 valence electrons. The molecule has 0 spiro atoms. The average molecular weight is 298 g/mol. The Kier molecular flexibility index (Phi) is 4.50. The van der Waals surface area contributed by atoms with Crippen LogP contribution in [-0.2, 0) is 0 Å². The smallest absolute Gasteiger partial charge is 0.124 e. The first-order chi connectivity index (χ1) is 10.3. The summed E-state index contributed by atoms with van der Waals surface area (Å²) in [6.45, 7) is 12.8. The Morgan fingerprint density at radius 1 is 0.545 bits per heavy atom. The molecule has 0 N–H and O–H groups in total. The molecule has 0 amide bonds. The van der Waals surface area contributed by atoms with E-state index in [9.17, 15) is 0 Å². The molecular formula is C20H26O2. The van der Waals surface area contributed by atoms with Gasteiger partial charge in [-0.1, -0.05) is 0 Å². The van der Waals surface area contributed by atoms with Crippen LogP contribution in [0.4, 0.5) is 0 Å². The minimum atomic E-state index is 0.987. The van der Waals surface area contributed by atoms with Gasteiger partial charge in [0.1, 0.15) is 11.5 Å². The first kappa shape index (κ1) is 16.4. The summed E-state index contributed by atoms with van der Waals surface area (Å²) in [4.78, 5) is 0. The van der Waals surface area contributed by atoms with E-state index in [2.05, 4.69) is 53.7 Å². The average Bonchev–Trinajstić information content (AvgIpc) is 2.48. The Bertz CT molecular complexity index is 664. The molecule has 2 heteroatoms. The van der Waals surface area contributed by atoms with Crippen LogP contribution >= 0.6 is 0 Å². The van der Waals surface area contributed by atoms with Crippen molar-refractivity contribution in [3.05, 3.63) is 45.5 Å². The Labute approximate surface area is 134 Å². The van der Waals surface area contributed by atoms with E-state index in [0.29, 0.717) is 0 Å². The number of ether oxygens (including phenoxy) is 2. The van der Waals surface area contributed by atoms with E-state index in [4.69, 9.17) is 9.47 Å². The Morgan fingerprint density at radius 3 is 1.14 bits per heavy atom. The van der Waals surface area contributed by atoms with E-state index in [-0.39, 0.29) is 0 Å². The standard InChI is InChI=1S/C20H26O2/c1-11-9-17(13(3)15(5)19(11)21-7)18-10-12(2)20(22-8)16(6)14(18)4/h9-10H,1-8H3. The predicted molar refractivity (Wildman–Crippen MR) is 93.4 cm³/mol. The maximum absolute atomic E-state index is 5.54. The van der Waals surface area contributed by atoms with Gasteiger partial charge in [0, 0.05) is 0 Å². The molecule has 0 aromatic heterocycles. The number of hydrogen-bond acceptors (Lipinski definition) is 2. The molecule has 0 radical (unpaired) electrons. The van der Waals surface area contributed by atoms with Gasteiger partial charge in [0.05, 0.1) is 14.2 Å². The quantitative estimate of drug-likeness (QED) is 0.773. The summed E-state index contributed by atoms with van der Waals surface area (Å²) in [6, 6.07) is 4.46. The minimum absolute atomic E-state index is 0.987. The molecule has 0 saturated carbocycles. The van der Waals surface area contributed by atoms with E-state index in [1.165, 1.54) is 44.5 Å². The summed E-state index contributed by atoms with van der Waals surface area (Å²) < 4.78 is 11.1. The molecule has 0 unspecified atom stereocenters. The van der Waals surface area contributed by atoms with Crippen LogP contribution in [0.3, 0.4) is 0 Å². The van der Waals surface area contributed by atoms with Crippen LogP contribution in [0, 0.1) is 41.5 Å². The lowest BCUT2D eigenvalue weighted by molar-refractivity contribution is 0.408. The Balaban J connectivity index is 2.78. The van der Waals surface area contributed by atoms with E-state index in [1.54, 1.807) is 14.2 Å². The van der Waals surface area contributed by atoms with Crippen molar-refractivity contribution < 1.29 is 9.47 Å². The number of hydrogen-bond donors (Lipinski definition) is 0. The molecule has 0 heterocycles. The number of rotatable bonds is 3. The van der Waals surface area contributed by atoms with Gasteiger partial charge in [-0.25, -0.2) is 0 Å². The van der Waals surface area contributed by atoms with Crippen LogP contribution in [0.1, 0.15) is 33.4 Å². The fourth-order valence-corrected chi connectivity index (χ4v) is 3.30. The summed E-state index contributed by atoms with van der Waals surface area (Å²) in [5, 5.41) is 0.